The summed E-state index contributed by atoms with van der Waals surface area (Å²) in [4.78, 5) is 10.3. The minimum Gasteiger partial charge on any atom is -0.306 e. The standard InChI is InChI=1S/C16H14FN3O2/c1-11(13-3-2-4-15(8-13)20(21)22)19-10-14-7-12(9-18)5-6-16(14)17/h2-8,11,19H,10H2,1H3/t11-/m0/s1. The highest BCUT2D eigenvalue weighted by molar-refractivity contribution is 5.36. The molecule has 0 aliphatic rings. The molecular weight excluding hydrogens is 285 g/mol. The van der Waals surface area contributed by atoms with Gasteiger partial charge in [0.1, 0.15) is 5.82 Å². The van der Waals surface area contributed by atoms with Crippen LogP contribution in [0, 0.1) is 27.3 Å². The van der Waals surface area contributed by atoms with E-state index in [1.165, 1.54) is 30.3 Å². The normalized spacial score (nSPS) is 11.7. The first-order valence-electron chi connectivity index (χ1n) is 6.67. The number of nitrogens with zero attached hydrogens (tertiary/aromatic N) is 2. The summed E-state index contributed by atoms with van der Waals surface area (Å²) in [6, 6.07) is 12.2. The Labute approximate surface area is 127 Å². The Bertz CT molecular complexity index is 740. The smallest absolute Gasteiger partial charge is 0.269 e. The monoisotopic (exact) mass is 299 g/mol. The van der Waals surface area contributed by atoms with Crippen LogP contribution >= 0.6 is 0 Å². The van der Waals surface area contributed by atoms with Gasteiger partial charge in [0.25, 0.3) is 5.69 Å². The molecule has 0 aromatic heterocycles. The van der Waals surface area contributed by atoms with Gasteiger partial charge in [-0.25, -0.2) is 4.39 Å². The second-order valence-corrected chi connectivity index (χ2v) is 4.87. The number of non-ortho nitro benzene ring substituents is 1. The van der Waals surface area contributed by atoms with Crippen molar-refractivity contribution >= 4 is 5.69 Å². The molecule has 0 spiro atoms. The molecule has 0 aliphatic carbocycles. The van der Waals surface area contributed by atoms with Crippen LogP contribution in [0.4, 0.5) is 10.1 Å². The predicted molar refractivity (Wildman–Crippen MR) is 79.5 cm³/mol. The molecule has 6 heteroatoms. The third kappa shape index (κ3) is 3.65. The Balaban J connectivity index is 2.10. The summed E-state index contributed by atoms with van der Waals surface area (Å²) in [5, 5.41) is 22.7. The van der Waals surface area contributed by atoms with E-state index in [0.29, 0.717) is 11.1 Å². The van der Waals surface area contributed by atoms with Crippen molar-refractivity contribution in [1.29, 1.82) is 5.26 Å². The lowest BCUT2D eigenvalue weighted by atomic mass is 10.1. The Morgan fingerprint density at radius 2 is 2.14 bits per heavy atom. The van der Waals surface area contributed by atoms with E-state index in [1.54, 1.807) is 12.1 Å². The van der Waals surface area contributed by atoms with E-state index in [9.17, 15) is 14.5 Å². The van der Waals surface area contributed by atoms with E-state index in [2.05, 4.69) is 5.32 Å². The van der Waals surface area contributed by atoms with Gasteiger partial charge in [0.15, 0.2) is 0 Å². The Hall–Kier alpha value is -2.78. The van der Waals surface area contributed by atoms with E-state index in [0.717, 1.165) is 5.56 Å². The summed E-state index contributed by atoms with van der Waals surface area (Å²) in [7, 11) is 0. The number of nitriles is 1. The highest BCUT2D eigenvalue weighted by Crippen LogP contribution is 2.20. The second-order valence-electron chi connectivity index (χ2n) is 4.87. The average molecular weight is 299 g/mol. The number of hydrogen-bond donors (Lipinski definition) is 1. The van der Waals surface area contributed by atoms with Crippen LogP contribution in [0.5, 0.6) is 0 Å². The Morgan fingerprint density at radius 1 is 1.36 bits per heavy atom. The average Bonchev–Trinajstić information content (AvgIpc) is 2.53. The van der Waals surface area contributed by atoms with Gasteiger partial charge < -0.3 is 5.32 Å². The largest absolute Gasteiger partial charge is 0.306 e. The van der Waals surface area contributed by atoms with Crippen molar-refractivity contribution in [1.82, 2.24) is 5.32 Å². The minimum absolute atomic E-state index is 0.0174. The van der Waals surface area contributed by atoms with Crippen molar-refractivity contribution in [3.8, 4) is 6.07 Å². The maximum absolute atomic E-state index is 13.7. The van der Waals surface area contributed by atoms with Gasteiger partial charge in [0.05, 0.1) is 16.6 Å². The zero-order chi connectivity index (χ0) is 16.1. The molecule has 5 nitrogen and oxygen atoms in total. The highest BCUT2D eigenvalue weighted by atomic mass is 19.1. The first-order valence-corrected chi connectivity index (χ1v) is 6.67. The number of hydrogen-bond acceptors (Lipinski definition) is 4. The van der Waals surface area contributed by atoms with E-state index in [1.807, 2.05) is 13.0 Å². The molecule has 0 fully saturated rings. The van der Waals surface area contributed by atoms with Crippen LogP contribution in [-0.2, 0) is 6.54 Å². The van der Waals surface area contributed by atoms with Crippen molar-refractivity contribution in [2.45, 2.75) is 19.5 Å². The van der Waals surface area contributed by atoms with Crippen LogP contribution in [-0.4, -0.2) is 4.92 Å². The van der Waals surface area contributed by atoms with Gasteiger partial charge >= 0.3 is 0 Å². The van der Waals surface area contributed by atoms with Gasteiger partial charge in [-0.2, -0.15) is 5.26 Å². The van der Waals surface area contributed by atoms with E-state index in [4.69, 9.17) is 5.26 Å². The van der Waals surface area contributed by atoms with E-state index < -0.39 is 10.7 Å². The number of nitro groups is 1. The van der Waals surface area contributed by atoms with Crippen LogP contribution in [0.2, 0.25) is 0 Å². The lowest BCUT2D eigenvalue weighted by Gasteiger charge is -2.14. The molecule has 0 heterocycles. The summed E-state index contributed by atoms with van der Waals surface area (Å²) >= 11 is 0. The van der Waals surface area contributed by atoms with Gasteiger partial charge in [-0.3, -0.25) is 10.1 Å². The van der Waals surface area contributed by atoms with E-state index in [-0.39, 0.29) is 18.3 Å². The molecule has 0 radical (unpaired) electrons. The molecule has 0 saturated heterocycles. The first-order chi connectivity index (χ1) is 10.5. The van der Waals surface area contributed by atoms with Crippen LogP contribution in [0.3, 0.4) is 0 Å². The van der Waals surface area contributed by atoms with Crippen LogP contribution in [0.25, 0.3) is 0 Å². The molecular formula is C16H14FN3O2. The fraction of sp³-hybridized carbons (Fsp3) is 0.188. The molecule has 0 saturated carbocycles. The molecule has 0 bridgehead atoms. The van der Waals surface area contributed by atoms with Crippen LogP contribution in [0.15, 0.2) is 42.5 Å². The number of nitro benzene ring substituents is 1. The third-order valence-corrected chi connectivity index (χ3v) is 3.35. The topological polar surface area (TPSA) is 79.0 Å². The minimum atomic E-state index is -0.452. The van der Waals surface area contributed by atoms with Crippen molar-refractivity contribution in [3.63, 3.8) is 0 Å². The number of nitrogens with one attached hydrogen (secondary N) is 1. The molecule has 2 aromatic rings. The SMILES string of the molecule is C[C@H](NCc1cc(C#N)ccc1F)c1cccc([N+](=O)[O-])c1. The molecule has 1 N–H and O–H groups in total. The van der Waals surface area contributed by atoms with Gasteiger partial charge in [0.2, 0.25) is 0 Å². The molecule has 2 aromatic carbocycles. The molecule has 0 aliphatic heterocycles. The summed E-state index contributed by atoms with van der Waals surface area (Å²) in [6.45, 7) is 2.07. The third-order valence-electron chi connectivity index (χ3n) is 3.35. The Kier molecular flexibility index (Phi) is 4.81. The van der Waals surface area contributed by atoms with Gasteiger partial charge in [-0.05, 0) is 30.7 Å². The molecule has 2 rings (SSSR count). The maximum atomic E-state index is 13.7. The second kappa shape index (κ2) is 6.78. The molecule has 112 valence electrons. The summed E-state index contributed by atoms with van der Waals surface area (Å²) in [5.74, 6) is -0.391. The van der Waals surface area contributed by atoms with Gasteiger partial charge in [0, 0.05) is 30.3 Å². The van der Waals surface area contributed by atoms with Crippen molar-refractivity contribution in [2.75, 3.05) is 0 Å². The number of rotatable bonds is 5. The fourth-order valence-electron chi connectivity index (χ4n) is 2.07. The lowest BCUT2D eigenvalue weighted by Crippen LogP contribution is -2.19. The summed E-state index contributed by atoms with van der Waals surface area (Å²) in [5.41, 5.74) is 1.53. The molecule has 0 amide bonds. The Morgan fingerprint density at radius 3 is 2.82 bits per heavy atom. The van der Waals surface area contributed by atoms with Crippen molar-refractivity contribution in [2.24, 2.45) is 0 Å². The first kappa shape index (κ1) is 15.6. The predicted octanol–water partition coefficient (Wildman–Crippen LogP) is 3.46. The highest BCUT2D eigenvalue weighted by Gasteiger charge is 2.11. The molecule has 0 unspecified atom stereocenters. The van der Waals surface area contributed by atoms with Crippen LogP contribution < -0.4 is 5.32 Å². The maximum Gasteiger partial charge on any atom is 0.269 e. The summed E-state index contributed by atoms with van der Waals surface area (Å²) in [6.07, 6.45) is 0. The quantitative estimate of drug-likeness (QED) is 0.677. The molecule has 22 heavy (non-hydrogen) atoms. The van der Waals surface area contributed by atoms with Gasteiger partial charge in [-0.15, -0.1) is 0 Å². The zero-order valence-corrected chi connectivity index (χ0v) is 11.9. The number of benzene rings is 2. The van der Waals surface area contributed by atoms with E-state index >= 15 is 0 Å². The molecule has 1 atom stereocenters. The van der Waals surface area contributed by atoms with Crippen molar-refractivity contribution < 1.29 is 9.31 Å². The zero-order valence-electron chi connectivity index (χ0n) is 11.9. The van der Waals surface area contributed by atoms with Crippen LogP contribution in [0.1, 0.15) is 29.7 Å². The summed E-state index contributed by atoms with van der Waals surface area (Å²) < 4.78 is 13.7. The fourth-order valence-corrected chi connectivity index (χ4v) is 2.07. The van der Waals surface area contributed by atoms with Gasteiger partial charge in [-0.1, -0.05) is 12.1 Å². The lowest BCUT2D eigenvalue weighted by molar-refractivity contribution is -0.384. The van der Waals surface area contributed by atoms with Crippen molar-refractivity contribution in [3.05, 3.63) is 75.1 Å². The number of halogens is 1.